The first-order valence-electron chi connectivity index (χ1n) is 10.1. The smallest absolute Gasteiger partial charge is 0.321 e. The van der Waals surface area contributed by atoms with Gasteiger partial charge in [-0.3, -0.25) is 0 Å². The Morgan fingerprint density at radius 3 is 2.89 bits per heavy atom. The monoisotopic (exact) mass is 370 g/mol. The fourth-order valence-corrected chi connectivity index (χ4v) is 4.19. The van der Waals surface area contributed by atoms with Crippen molar-refractivity contribution in [3.63, 3.8) is 0 Å². The number of rotatable bonds is 2. The molecule has 2 fully saturated rings. The summed E-state index contributed by atoms with van der Waals surface area (Å²) in [6.07, 6.45) is 3.56. The summed E-state index contributed by atoms with van der Waals surface area (Å²) >= 11 is 0. The molecule has 0 spiro atoms. The van der Waals surface area contributed by atoms with Crippen molar-refractivity contribution < 1.29 is 9.21 Å². The van der Waals surface area contributed by atoms with Crippen molar-refractivity contribution in [3.8, 4) is 0 Å². The average molecular weight is 370 g/mol. The van der Waals surface area contributed by atoms with E-state index in [1.54, 1.807) is 0 Å². The summed E-state index contributed by atoms with van der Waals surface area (Å²) in [7, 11) is 0. The van der Waals surface area contributed by atoms with Crippen LogP contribution in [0.3, 0.4) is 0 Å². The van der Waals surface area contributed by atoms with Gasteiger partial charge >= 0.3 is 6.03 Å². The Balaban J connectivity index is 1.44. The van der Waals surface area contributed by atoms with E-state index >= 15 is 0 Å². The molecule has 2 N–H and O–H groups in total. The van der Waals surface area contributed by atoms with Gasteiger partial charge in [-0.1, -0.05) is 20.8 Å². The Hall–Kier alpha value is -2.08. The SMILES string of the molecule is CC(C)(C)c1nc2cc(NC(=O)N3CCCC(C4CCNC4)C3)ccc2o1. The van der Waals surface area contributed by atoms with Crippen LogP contribution in [-0.4, -0.2) is 42.1 Å². The third-order valence-corrected chi connectivity index (χ3v) is 5.79. The molecule has 3 heterocycles. The molecule has 0 aliphatic carbocycles. The molecule has 2 amide bonds. The summed E-state index contributed by atoms with van der Waals surface area (Å²) in [4.78, 5) is 19.3. The van der Waals surface area contributed by atoms with Crippen molar-refractivity contribution in [2.75, 3.05) is 31.5 Å². The van der Waals surface area contributed by atoms with Crippen molar-refractivity contribution in [2.24, 2.45) is 11.8 Å². The molecule has 0 saturated carbocycles. The normalized spacial score (nSPS) is 23.7. The van der Waals surface area contributed by atoms with Gasteiger partial charge in [-0.2, -0.15) is 0 Å². The highest BCUT2D eigenvalue weighted by atomic mass is 16.3. The van der Waals surface area contributed by atoms with Gasteiger partial charge < -0.3 is 20.0 Å². The predicted molar refractivity (Wildman–Crippen MR) is 107 cm³/mol. The molecule has 0 radical (unpaired) electrons. The van der Waals surface area contributed by atoms with E-state index in [1.165, 1.54) is 12.8 Å². The molecule has 2 saturated heterocycles. The minimum Gasteiger partial charge on any atom is -0.440 e. The number of hydrogen-bond acceptors (Lipinski definition) is 4. The van der Waals surface area contributed by atoms with Crippen LogP contribution in [0.15, 0.2) is 22.6 Å². The summed E-state index contributed by atoms with van der Waals surface area (Å²) in [5.74, 6) is 2.04. The van der Waals surface area contributed by atoms with Crippen molar-refractivity contribution >= 4 is 22.8 Å². The van der Waals surface area contributed by atoms with Crippen LogP contribution in [0.25, 0.3) is 11.1 Å². The Morgan fingerprint density at radius 2 is 2.15 bits per heavy atom. The third kappa shape index (κ3) is 3.95. The zero-order valence-corrected chi connectivity index (χ0v) is 16.5. The van der Waals surface area contributed by atoms with Crippen LogP contribution in [0.4, 0.5) is 10.5 Å². The Morgan fingerprint density at radius 1 is 1.30 bits per heavy atom. The second kappa shape index (κ2) is 7.15. The van der Waals surface area contributed by atoms with Crippen LogP contribution in [0, 0.1) is 11.8 Å². The van der Waals surface area contributed by atoms with Gasteiger partial charge in [0, 0.05) is 24.2 Å². The van der Waals surface area contributed by atoms with Crippen LogP contribution < -0.4 is 10.6 Å². The lowest BCUT2D eigenvalue weighted by Crippen LogP contribution is -2.44. The summed E-state index contributed by atoms with van der Waals surface area (Å²) in [5, 5.41) is 6.50. The Kier molecular flexibility index (Phi) is 4.84. The van der Waals surface area contributed by atoms with Crippen LogP contribution >= 0.6 is 0 Å². The molecule has 1 aromatic carbocycles. The molecule has 2 aliphatic rings. The first-order chi connectivity index (χ1) is 12.9. The number of carbonyl (C=O) groups is 1. The van der Waals surface area contributed by atoms with Gasteiger partial charge in [-0.25, -0.2) is 9.78 Å². The van der Waals surface area contributed by atoms with E-state index in [2.05, 4.69) is 36.4 Å². The first kappa shape index (κ1) is 18.3. The fourth-order valence-electron chi connectivity index (χ4n) is 4.19. The molecular formula is C21H30N4O2. The topological polar surface area (TPSA) is 70.4 Å². The minimum absolute atomic E-state index is 0.00968. The molecule has 2 aliphatic heterocycles. The maximum Gasteiger partial charge on any atom is 0.321 e. The number of urea groups is 1. The number of carbonyl (C=O) groups excluding carboxylic acids is 1. The summed E-state index contributed by atoms with van der Waals surface area (Å²) in [6.45, 7) is 10.1. The number of piperidine rings is 1. The molecule has 4 rings (SSSR count). The average Bonchev–Trinajstić information content (AvgIpc) is 3.31. The number of benzene rings is 1. The van der Waals surface area contributed by atoms with Crippen molar-refractivity contribution in [1.82, 2.24) is 15.2 Å². The molecule has 6 nitrogen and oxygen atoms in total. The van der Waals surface area contributed by atoms with E-state index in [0.717, 1.165) is 49.4 Å². The molecule has 6 heteroatoms. The highest BCUT2D eigenvalue weighted by Gasteiger charge is 2.31. The zero-order valence-electron chi connectivity index (χ0n) is 16.5. The molecular weight excluding hydrogens is 340 g/mol. The number of nitrogens with one attached hydrogen (secondary N) is 2. The highest BCUT2D eigenvalue weighted by molar-refractivity contribution is 5.91. The van der Waals surface area contributed by atoms with E-state index in [0.29, 0.717) is 17.7 Å². The number of hydrogen-bond donors (Lipinski definition) is 2. The second-order valence-electron chi connectivity index (χ2n) is 8.98. The van der Waals surface area contributed by atoms with Crippen LogP contribution in [0.2, 0.25) is 0 Å². The van der Waals surface area contributed by atoms with Crippen molar-refractivity contribution in [1.29, 1.82) is 0 Å². The fraction of sp³-hybridized carbons (Fsp3) is 0.619. The quantitative estimate of drug-likeness (QED) is 0.839. The predicted octanol–water partition coefficient (Wildman–Crippen LogP) is 3.98. The van der Waals surface area contributed by atoms with Gasteiger partial charge in [-0.05, 0) is 62.4 Å². The van der Waals surface area contributed by atoms with Gasteiger partial charge in [0.1, 0.15) is 5.52 Å². The molecule has 2 unspecified atom stereocenters. The second-order valence-corrected chi connectivity index (χ2v) is 8.98. The molecule has 2 atom stereocenters. The van der Waals surface area contributed by atoms with Gasteiger partial charge in [0.15, 0.2) is 5.58 Å². The number of nitrogens with zero attached hydrogens (tertiary/aromatic N) is 2. The van der Waals surface area contributed by atoms with E-state index in [1.807, 2.05) is 23.1 Å². The molecule has 27 heavy (non-hydrogen) atoms. The largest absolute Gasteiger partial charge is 0.440 e. The van der Waals surface area contributed by atoms with Crippen molar-refractivity contribution in [3.05, 3.63) is 24.1 Å². The van der Waals surface area contributed by atoms with Crippen molar-refractivity contribution in [2.45, 2.75) is 45.4 Å². The lowest BCUT2D eigenvalue weighted by atomic mass is 9.85. The van der Waals surface area contributed by atoms with Gasteiger partial charge in [0.05, 0.1) is 0 Å². The Bertz CT molecular complexity index is 817. The number of oxazole rings is 1. The third-order valence-electron chi connectivity index (χ3n) is 5.79. The van der Waals surface area contributed by atoms with Gasteiger partial charge in [-0.15, -0.1) is 0 Å². The van der Waals surface area contributed by atoms with Crippen LogP contribution in [0.1, 0.15) is 45.9 Å². The van der Waals surface area contributed by atoms with Gasteiger partial charge in [0.25, 0.3) is 0 Å². The van der Waals surface area contributed by atoms with Crippen LogP contribution in [-0.2, 0) is 5.41 Å². The number of anilines is 1. The molecule has 0 bridgehead atoms. The maximum absolute atomic E-state index is 12.8. The standard InChI is InChI=1S/C21H30N4O2/c1-21(2,3)19-24-17-11-16(6-7-18(17)27-19)23-20(26)25-10-4-5-15(13-25)14-8-9-22-12-14/h6-7,11,14-15,22H,4-5,8-10,12-13H2,1-3H3,(H,23,26). The Labute approximate surface area is 160 Å². The summed E-state index contributed by atoms with van der Waals surface area (Å²) in [5.41, 5.74) is 2.17. The molecule has 2 aromatic rings. The lowest BCUT2D eigenvalue weighted by molar-refractivity contribution is 0.154. The van der Waals surface area contributed by atoms with E-state index in [9.17, 15) is 4.79 Å². The number of amides is 2. The number of aromatic nitrogens is 1. The van der Waals surface area contributed by atoms with E-state index < -0.39 is 0 Å². The minimum atomic E-state index is -0.139. The highest BCUT2D eigenvalue weighted by Crippen LogP contribution is 2.29. The zero-order chi connectivity index (χ0) is 19.0. The first-order valence-corrected chi connectivity index (χ1v) is 10.1. The van der Waals surface area contributed by atoms with E-state index in [-0.39, 0.29) is 11.4 Å². The number of fused-ring (bicyclic) bond motifs is 1. The molecule has 146 valence electrons. The summed E-state index contributed by atoms with van der Waals surface area (Å²) < 4.78 is 5.84. The number of likely N-dealkylation sites (tertiary alicyclic amines) is 1. The van der Waals surface area contributed by atoms with Gasteiger partial charge in [0.2, 0.25) is 5.89 Å². The summed E-state index contributed by atoms with van der Waals surface area (Å²) in [6, 6.07) is 5.66. The molecule has 1 aromatic heterocycles. The van der Waals surface area contributed by atoms with Crippen LogP contribution in [0.5, 0.6) is 0 Å². The maximum atomic E-state index is 12.8. The van der Waals surface area contributed by atoms with E-state index in [4.69, 9.17) is 4.42 Å². The lowest BCUT2D eigenvalue weighted by Gasteiger charge is -2.35.